The van der Waals surface area contributed by atoms with Crippen LogP contribution in [0, 0.1) is 0 Å². The zero-order valence-corrected chi connectivity index (χ0v) is 25.6. The minimum atomic E-state index is -0.0268. The molecular weight excluding hydrogens is 581 g/mol. The summed E-state index contributed by atoms with van der Waals surface area (Å²) in [6, 6.07) is 33.0. The molecule has 0 aliphatic carbocycles. The van der Waals surface area contributed by atoms with Crippen LogP contribution in [0.1, 0.15) is 0 Å². The molecule has 4 nitrogen and oxygen atoms in total. The van der Waals surface area contributed by atoms with Gasteiger partial charge in [0.15, 0.2) is 10.9 Å². The fourth-order valence-corrected chi connectivity index (χ4v) is 8.52. The molecule has 0 radical (unpaired) electrons. The van der Waals surface area contributed by atoms with Crippen LogP contribution in [0.3, 0.4) is 0 Å². The molecule has 4 aromatic heterocycles. The van der Waals surface area contributed by atoms with E-state index in [4.69, 9.17) is 0 Å². The minimum Gasteiger partial charge on any atom is -0.343 e. The Hall–Kier alpha value is -5.04. The largest absolute Gasteiger partial charge is 0.343 e. The topological polar surface area (TPSA) is 44.0 Å². The molecule has 210 valence electrons. The Kier molecular flexibility index (Phi) is 5.34. The molecule has 0 aliphatic rings. The number of nitrogens with zero attached hydrogens (tertiary/aromatic N) is 2. The van der Waals surface area contributed by atoms with Gasteiger partial charge in [0.25, 0.3) is 0 Å². The van der Waals surface area contributed by atoms with Crippen LogP contribution in [0.15, 0.2) is 117 Å². The summed E-state index contributed by atoms with van der Waals surface area (Å²) in [4.78, 5) is 28.3. The minimum absolute atomic E-state index is 0.0268. The third-order valence-electron chi connectivity index (χ3n) is 9.14. The Labute approximate surface area is 259 Å². The fourth-order valence-electron chi connectivity index (χ4n) is 6.89. The Morgan fingerprint density at radius 2 is 0.886 bits per heavy atom. The number of aromatic nitrogens is 2. The van der Waals surface area contributed by atoms with E-state index in [0.717, 1.165) is 44.3 Å². The van der Waals surface area contributed by atoms with Gasteiger partial charge >= 0.3 is 0 Å². The molecule has 0 unspecified atom stereocenters. The van der Waals surface area contributed by atoms with Crippen LogP contribution in [0.2, 0.25) is 0 Å². The number of rotatable bonds is 2. The van der Waals surface area contributed by atoms with E-state index in [9.17, 15) is 9.59 Å². The quantitative estimate of drug-likeness (QED) is 0.185. The van der Waals surface area contributed by atoms with Gasteiger partial charge in [-0.2, -0.15) is 0 Å². The molecule has 4 heterocycles. The molecular formula is C38H24N2O2S2. The van der Waals surface area contributed by atoms with Crippen LogP contribution in [0.4, 0.5) is 0 Å². The number of aryl methyl sites for hydroxylation is 2. The summed E-state index contributed by atoms with van der Waals surface area (Å²) in [6.45, 7) is 0. The van der Waals surface area contributed by atoms with Crippen LogP contribution in [0.25, 0.3) is 86.0 Å². The number of pyridine rings is 2. The molecule has 5 aromatic carbocycles. The van der Waals surface area contributed by atoms with E-state index in [1.54, 1.807) is 22.7 Å². The van der Waals surface area contributed by atoms with Crippen molar-refractivity contribution in [3.05, 3.63) is 128 Å². The van der Waals surface area contributed by atoms with Crippen LogP contribution in [-0.2, 0) is 14.1 Å². The lowest BCUT2D eigenvalue weighted by atomic mass is 9.98. The Balaban J connectivity index is 1.30. The molecule has 0 saturated carbocycles. The van der Waals surface area contributed by atoms with Gasteiger partial charge in [0, 0.05) is 55.8 Å². The smallest absolute Gasteiger partial charge is 0.197 e. The molecule has 0 spiro atoms. The second-order valence-corrected chi connectivity index (χ2v) is 13.3. The average molecular weight is 605 g/mol. The first-order valence-electron chi connectivity index (χ1n) is 14.4. The predicted octanol–water partition coefficient (Wildman–Crippen LogP) is 9.46. The summed E-state index contributed by atoms with van der Waals surface area (Å²) in [5.41, 5.74) is 7.40. The number of benzene rings is 5. The van der Waals surface area contributed by atoms with E-state index < -0.39 is 0 Å². The number of fused-ring (bicyclic) bond motifs is 6. The van der Waals surface area contributed by atoms with Crippen molar-refractivity contribution < 1.29 is 0 Å². The van der Waals surface area contributed by atoms with Crippen LogP contribution < -0.4 is 10.9 Å². The van der Waals surface area contributed by atoms with Crippen molar-refractivity contribution in [3.8, 4) is 22.3 Å². The van der Waals surface area contributed by atoms with Crippen molar-refractivity contribution in [2.75, 3.05) is 0 Å². The second kappa shape index (κ2) is 9.23. The van der Waals surface area contributed by atoms with E-state index in [0.29, 0.717) is 21.5 Å². The van der Waals surface area contributed by atoms with Crippen LogP contribution in [-0.4, -0.2) is 9.13 Å². The molecule has 0 atom stereocenters. The predicted molar refractivity (Wildman–Crippen MR) is 189 cm³/mol. The van der Waals surface area contributed by atoms with Crippen molar-refractivity contribution in [2.24, 2.45) is 14.1 Å². The van der Waals surface area contributed by atoms with Gasteiger partial charge in [0.1, 0.15) is 0 Å². The van der Waals surface area contributed by atoms with Gasteiger partial charge in [-0.05, 0) is 93.7 Å². The molecule has 0 saturated heterocycles. The summed E-state index contributed by atoms with van der Waals surface area (Å²) in [5.74, 6) is 0. The van der Waals surface area contributed by atoms with Crippen molar-refractivity contribution in [1.29, 1.82) is 0 Å². The number of thiophene rings is 2. The summed E-state index contributed by atoms with van der Waals surface area (Å²) >= 11 is 3.44. The molecule has 0 bridgehead atoms. The zero-order chi connectivity index (χ0) is 29.7. The first kappa shape index (κ1) is 25.5. The first-order chi connectivity index (χ1) is 21.5. The highest BCUT2D eigenvalue weighted by atomic mass is 32.1. The van der Waals surface area contributed by atoms with Crippen molar-refractivity contribution in [2.45, 2.75) is 0 Å². The van der Waals surface area contributed by atoms with Crippen LogP contribution >= 0.6 is 22.7 Å². The Morgan fingerprint density at radius 1 is 0.455 bits per heavy atom. The highest BCUT2D eigenvalue weighted by Crippen LogP contribution is 2.35. The van der Waals surface area contributed by atoms with E-state index in [1.807, 2.05) is 59.6 Å². The van der Waals surface area contributed by atoms with Crippen molar-refractivity contribution >= 4 is 86.5 Å². The van der Waals surface area contributed by atoms with Crippen molar-refractivity contribution in [3.63, 3.8) is 0 Å². The maximum atomic E-state index is 14.1. The lowest BCUT2D eigenvalue weighted by Gasteiger charge is -2.16. The third kappa shape index (κ3) is 3.49. The zero-order valence-electron chi connectivity index (χ0n) is 23.9. The van der Waals surface area contributed by atoms with Crippen molar-refractivity contribution in [1.82, 2.24) is 9.13 Å². The van der Waals surface area contributed by atoms with Gasteiger partial charge in [-0.1, -0.05) is 36.4 Å². The van der Waals surface area contributed by atoms with Gasteiger partial charge in [0.05, 0.1) is 22.1 Å². The molecule has 0 fully saturated rings. The summed E-state index contributed by atoms with van der Waals surface area (Å²) < 4.78 is 6.53. The molecule has 6 heteroatoms. The van der Waals surface area contributed by atoms with Gasteiger partial charge in [-0.25, -0.2) is 0 Å². The normalized spacial score (nSPS) is 12.0. The summed E-state index contributed by atoms with van der Waals surface area (Å²) in [5, 5.41) is 9.14. The van der Waals surface area contributed by atoms with E-state index in [2.05, 4.69) is 71.4 Å². The van der Waals surface area contributed by atoms with Gasteiger partial charge in [-0.15, -0.1) is 22.7 Å². The highest BCUT2D eigenvalue weighted by molar-refractivity contribution is 7.17. The lowest BCUT2D eigenvalue weighted by molar-refractivity contribution is 0.994. The van der Waals surface area contributed by atoms with E-state index in [-0.39, 0.29) is 10.9 Å². The van der Waals surface area contributed by atoms with E-state index in [1.165, 1.54) is 20.2 Å². The molecule has 0 N–H and O–H groups in total. The first-order valence-corrected chi connectivity index (χ1v) is 16.2. The van der Waals surface area contributed by atoms with E-state index >= 15 is 0 Å². The molecule has 0 amide bonds. The van der Waals surface area contributed by atoms with Gasteiger partial charge in [0.2, 0.25) is 0 Å². The standard InChI is InChI=1S/C38H24N2O2S2/c1-39-31-11-9-21(23-5-3-7-35-25(23)13-15-43-35)17-27(31)37(41)29-20-34-30(19-33(29)39)38(42)28-18-22(10-12-32(28)40(34)2)24-6-4-8-36-26(24)14-16-44-36/h3-20H,1-2H3. The lowest BCUT2D eigenvalue weighted by Crippen LogP contribution is -2.13. The molecule has 9 aromatic rings. The highest BCUT2D eigenvalue weighted by Gasteiger charge is 2.17. The second-order valence-electron chi connectivity index (χ2n) is 11.4. The molecule has 9 rings (SSSR count). The average Bonchev–Trinajstić information content (AvgIpc) is 3.75. The third-order valence-corrected chi connectivity index (χ3v) is 10.9. The van der Waals surface area contributed by atoms with Gasteiger partial charge < -0.3 is 9.13 Å². The molecule has 44 heavy (non-hydrogen) atoms. The number of hydrogen-bond donors (Lipinski definition) is 0. The molecule has 0 aliphatic heterocycles. The van der Waals surface area contributed by atoms with Crippen LogP contribution in [0.5, 0.6) is 0 Å². The fraction of sp³-hybridized carbons (Fsp3) is 0.0526. The maximum Gasteiger partial charge on any atom is 0.197 e. The number of hydrogen-bond acceptors (Lipinski definition) is 4. The monoisotopic (exact) mass is 604 g/mol. The SMILES string of the molecule is Cn1c2ccc(-c3cccc4sccc34)cc2c(=O)c2cc3c(cc21)c(=O)c1cc(-c2cccc4sccc24)ccc1n3C. The Bertz CT molecular complexity index is 2600. The van der Waals surface area contributed by atoms with Gasteiger partial charge in [-0.3, -0.25) is 9.59 Å². The summed E-state index contributed by atoms with van der Waals surface area (Å²) in [7, 11) is 3.95. The summed E-state index contributed by atoms with van der Waals surface area (Å²) in [6.07, 6.45) is 0. The Morgan fingerprint density at radius 3 is 1.34 bits per heavy atom. The maximum absolute atomic E-state index is 14.1.